The number of fused-ring (bicyclic) bond motifs is 1. The van der Waals surface area contributed by atoms with Crippen LogP contribution in [-0.2, 0) is 22.6 Å². The summed E-state index contributed by atoms with van der Waals surface area (Å²) >= 11 is 1.68. The van der Waals surface area contributed by atoms with Gasteiger partial charge in [-0.25, -0.2) is 4.68 Å². The van der Waals surface area contributed by atoms with Crippen LogP contribution in [0.4, 0.5) is 5.82 Å². The standard InChI is InChI=1S/C17H22N4O2S/c1-3-14(17(23)18-8-6-13-5-4-10-24-13)21-15-11-12(2)19-20(15)9-7-16(21)22/h4-5,10-11,14H,3,6-9H2,1-2H3,(H,18,23)/t14-/m1/s1. The molecule has 1 N–H and O–H groups in total. The number of aryl methyl sites for hydroxylation is 2. The van der Waals surface area contributed by atoms with Gasteiger partial charge in [0.05, 0.1) is 12.2 Å². The zero-order valence-electron chi connectivity index (χ0n) is 14.0. The first kappa shape index (κ1) is 16.7. The zero-order valence-corrected chi connectivity index (χ0v) is 14.8. The highest BCUT2D eigenvalue weighted by molar-refractivity contribution is 7.09. The van der Waals surface area contributed by atoms with Gasteiger partial charge in [-0.1, -0.05) is 13.0 Å². The second-order valence-corrected chi connectivity index (χ2v) is 6.96. The van der Waals surface area contributed by atoms with Crippen molar-refractivity contribution in [2.24, 2.45) is 0 Å². The van der Waals surface area contributed by atoms with Crippen LogP contribution < -0.4 is 10.2 Å². The molecule has 24 heavy (non-hydrogen) atoms. The summed E-state index contributed by atoms with van der Waals surface area (Å²) in [5, 5.41) is 9.40. The quantitative estimate of drug-likeness (QED) is 0.871. The Morgan fingerprint density at radius 2 is 2.33 bits per heavy atom. The van der Waals surface area contributed by atoms with E-state index < -0.39 is 6.04 Å². The van der Waals surface area contributed by atoms with Gasteiger partial charge in [-0.15, -0.1) is 11.3 Å². The molecule has 2 aromatic heterocycles. The summed E-state index contributed by atoms with van der Waals surface area (Å²) in [6.07, 6.45) is 1.76. The lowest BCUT2D eigenvalue weighted by Crippen LogP contribution is -2.52. The van der Waals surface area contributed by atoms with Crippen molar-refractivity contribution in [3.05, 3.63) is 34.2 Å². The Hall–Kier alpha value is -2.15. The van der Waals surface area contributed by atoms with Gasteiger partial charge < -0.3 is 5.32 Å². The third-order valence-corrected chi connectivity index (χ3v) is 5.12. The van der Waals surface area contributed by atoms with Gasteiger partial charge >= 0.3 is 0 Å². The molecule has 0 saturated heterocycles. The number of nitrogens with one attached hydrogen (secondary N) is 1. The molecule has 0 aromatic carbocycles. The monoisotopic (exact) mass is 346 g/mol. The lowest BCUT2D eigenvalue weighted by molar-refractivity contribution is -0.127. The lowest BCUT2D eigenvalue weighted by Gasteiger charge is -2.33. The number of thiophene rings is 1. The van der Waals surface area contributed by atoms with Crippen molar-refractivity contribution in [2.45, 2.75) is 45.7 Å². The fourth-order valence-corrected chi connectivity index (χ4v) is 3.75. The number of carbonyl (C=O) groups excluding carboxylic acids is 2. The molecule has 0 bridgehead atoms. The molecule has 128 valence electrons. The van der Waals surface area contributed by atoms with Crippen molar-refractivity contribution in [3.63, 3.8) is 0 Å². The van der Waals surface area contributed by atoms with E-state index in [1.165, 1.54) is 4.88 Å². The Labute approximate surface area is 145 Å². The molecule has 1 atom stereocenters. The molecule has 0 spiro atoms. The number of carbonyl (C=O) groups is 2. The number of aromatic nitrogens is 2. The van der Waals surface area contributed by atoms with Crippen molar-refractivity contribution in [1.82, 2.24) is 15.1 Å². The predicted molar refractivity (Wildman–Crippen MR) is 94.2 cm³/mol. The van der Waals surface area contributed by atoms with E-state index >= 15 is 0 Å². The average molecular weight is 346 g/mol. The van der Waals surface area contributed by atoms with Crippen LogP contribution in [0.25, 0.3) is 0 Å². The molecule has 0 radical (unpaired) electrons. The van der Waals surface area contributed by atoms with E-state index in [-0.39, 0.29) is 11.8 Å². The van der Waals surface area contributed by atoms with Crippen LogP contribution in [-0.4, -0.2) is 34.2 Å². The Morgan fingerprint density at radius 3 is 3.04 bits per heavy atom. The Morgan fingerprint density at radius 1 is 1.50 bits per heavy atom. The van der Waals surface area contributed by atoms with Crippen LogP contribution in [0.3, 0.4) is 0 Å². The summed E-state index contributed by atoms with van der Waals surface area (Å²) in [7, 11) is 0. The van der Waals surface area contributed by atoms with Crippen molar-refractivity contribution < 1.29 is 9.59 Å². The summed E-state index contributed by atoms with van der Waals surface area (Å²) in [5.74, 6) is 0.612. The van der Waals surface area contributed by atoms with E-state index in [1.54, 1.807) is 16.2 Å². The van der Waals surface area contributed by atoms with Gasteiger partial charge in [-0.2, -0.15) is 5.10 Å². The second kappa shape index (κ2) is 7.17. The van der Waals surface area contributed by atoms with Crippen LogP contribution in [0.15, 0.2) is 23.6 Å². The van der Waals surface area contributed by atoms with Gasteiger partial charge in [0.1, 0.15) is 11.9 Å². The Balaban J connectivity index is 1.70. The van der Waals surface area contributed by atoms with E-state index in [1.807, 2.05) is 36.0 Å². The molecule has 7 heteroatoms. The molecule has 0 saturated carbocycles. The Bertz CT molecular complexity index is 723. The van der Waals surface area contributed by atoms with Crippen molar-refractivity contribution >= 4 is 29.0 Å². The number of anilines is 1. The van der Waals surface area contributed by atoms with Crippen molar-refractivity contribution in [1.29, 1.82) is 0 Å². The second-order valence-electron chi connectivity index (χ2n) is 5.93. The third kappa shape index (κ3) is 3.36. The largest absolute Gasteiger partial charge is 0.354 e. The Kier molecular flexibility index (Phi) is 4.99. The highest BCUT2D eigenvalue weighted by Gasteiger charge is 2.34. The normalized spacial score (nSPS) is 15.2. The molecule has 3 rings (SSSR count). The van der Waals surface area contributed by atoms with Gasteiger partial charge in [0, 0.05) is 23.9 Å². The molecule has 1 aliphatic rings. The number of hydrogen-bond acceptors (Lipinski definition) is 4. The van der Waals surface area contributed by atoms with Gasteiger partial charge in [-0.3, -0.25) is 14.5 Å². The molecule has 0 fully saturated rings. The molecule has 2 aromatic rings. The van der Waals surface area contributed by atoms with Crippen molar-refractivity contribution in [2.75, 3.05) is 11.4 Å². The summed E-state index contributed by atoms with van der Waals surface area (Å²) in [4.78, 5) is 27.9. The molecular formula is C17H22N4O2S. The predicted octanol–water partition coefficient (Wildman–Crippen LogP) is 2.13. The maximum Gasteiger partial charge on any atom is 0.243 e. The maximum absolute atomic E-state index is 12.6. The minimum atomic E-state index is -0.490. The average Bonchev–Trinajstić information content (AvgIpc) is 3.19. The topological polar surface area (TPSA) is 67.2 Å². The third-order valence-electron chi connectivity index (χ3n) is 4.19. The number of amides is 2. The first-order valence-electron chi connectivity index (χ1n) is 8.26. The number of nitrogens with zero attached hydrogens (tertiary/aromatic N) is 3. The molecule has 0 aliphatic carbocycles. The smallest absolute Gasteiger partial charge is 0.243 e. The molecule has 1 aliphatic heterocycles. The van der Waals surface area contributed by atoms with E-state index in [0.717, 1.165) is 17.9 Å². The minimum Gasteiger partial charge on any atom is -0.354 e. The highest BCUT2D eigenvalue weighted by Crippen LogP contribution is 2.26. The fourth-order valence-electron chi connectivity index (χ4n) is 3.04. The van der Waals surface area contributed by atoms with Gasteiger partial charge in [0.25, 0.3) is 0 Å². The van der Waals surface area contributed by atoms with Crippen LogP contribution in [0, 0.1) is 6.92 Å². The molecule has 3 heterocycles. The van der Waals surface area contributed by atoms with Gasteiger partial charge in [0.15, 0.2) is 0 Å². The van der Waals surface area contributed by atoms with Crippen LogP contribution in [0.5, 0.6) is 0 Å². The van der Waals surface area contributed by atoms with E-state index in [0.29, 0.717) is 25.9 Å². The summed E-state index contributed by atoms with van der Waals surface area (Å²) in [6.45, 7) is 4.99. The van der Waals surface area contributed by atoms with Gasteiger partial charge in [0.2, 0.25) is 11.8 Å². The van der Waals surface area contributed by atoms with E-state index in [9.17, 15) is 9.59 Å². The molecule has 2 amide bonds. The summed E-state index contributed by atoms with van der Waals surface area (Å²) < 4.78 is 1.82. The van der Waals surface area contributed by atoms with Crippen LogP contribution in [0.2, 0.25) is 0 Å². The molecule has 6 nitrogen and oxygen atoms in total. The van der Waals surface area contributed by atoms with Gasteiger partial charge in [-0.05, 0) is 31.2 Å². The molecular weight excluding hydrogens is 324 g/mol. The molecule has 0 unspecified atom stereocenters. The zero-order chi connectivity index (χ0) is 17.1. The fraction of sp³-hybridized carbons (Fsp3) is 0.471. The number of hydrogen-bond donors (Lipinski definition) is 1. The summed E-state index contributed by atoms with van der Waals surface area (Å²) in [5.41, 5.74) is 0.859. The van der Waals surface area contributed by atoms with E-state index in [4.69, 9.17) is 0 Å². The first-order chi connectivity index (χ1) is 11.6. The highest BCUT2D eigenvalue weighted by atomic mass is 32.1. The minimum absolute atomic E-state index is 0.0114. The first-order valence-corrected chi connectivity index (χ1v) is 9.14. The van der Waals surface area contributed by atoms with Crippen LogP contribution >= 0.6 is 11.3 Å². The van der Waals surface area contributed by atoms with E-state index in [2.05, 4.69) is 16.5 Å². The van der Waals surface area contributed by atoms with Crippen molar-refractivity contribution in [3.8, 4) is 0 Å². The number of rotatable bonds is 6. The summed E-state index contributed by atoms with van der Waals surface area (Å²) in [6, 6.07) is 5.45. The maximum atomic E-state index is 12.6. The lowest BCUT2D eigenvalue weighted by atomic mass is 10.1. The van der Waals surface area contributed by atoms with Crippen LogP contribution in [0.1, 0.15) is 30.3 Å². The SMILES string of the molecule is CC[C@H](C(=O)NCCc1cccs1)N1C(=O)CCn2nc(C)cc21.